The van der Waals surface area contributed by atoms with Crippen molar-refractivity contribution >= 4 is 32.5 Å². The van der Waals surface area contributed by atoms with Gasteiger partial charge in [0.15, 0.2) is 0 Å². The topological polar surface area (TPSA) is 46.8 Å². The molecule has 0 saturated carbocycles. The largest absolute Gasteiger partial charge is 0.371 e. The van der Waals surface area contributed by atoms with Crippen molar-refractivity contribution in [3.05, 3.63) is 47.6 Å². The number of fused-ring (bicyclic) bond motifs is 1. The van der Waals surface area contributed by atoms with Crippen LogP contribution in [0.1, 0.15) is 18.9 Å². The molecule has 3 aromatic rings. The van der Waals surface area contributed by atoms with Gasteiger partial charge in [-0.3, -0.25) is 4.98 Å². The van der Waals surface area contributed by atoms with Crippen LogP contribution in [0.2, 0.25) is 0 Å². The Bertz CT molecular complexity index is 778. The van der Waals surface area contributed by atoms with Gasteiger partial charge in [-0.2, -0.15) is 5.10 Å². The van der Waals surface area contributed by atoms with Crippen molar-refractivity contribution in [3.63, 3.8) is 0 Å². The van der Waals surface area contributed by atoms with Crippen molar-refractivity contribution in [2.45, 2.75) is 18.9 Å². The van der Waals surface area contributed by atoms with E-state index in [2.05, 4.69) is 60.2 Å². The van der Waals surface area contributed by atoms with Gasteiger partial charge in [-0.15, -0.1) is 0 Å². The van der Waals surface area contributed by atoms with Gasteiger partial charge in [-0.25, -0.2) is 9.67 Å². The zero-order chi connectivity index (χ0) is 14.9. The van der Waals surface area contributed by atoms with E-state index in [9.17, 15) is 0 Å². The summed E-state index contributed by atoms with van der Waals surface area (Å²) < 4.78 is 3.05. The quantitative estimate of drug-likeness (QED) is 0.704. The lowest BCUT2D eigenvalue weighted by Crippen LogP contribution is -2.34. The molecule has 0 aliphatic carbocycles. The van der Waals surface area contributed by atoms with Crippen LogP contribution in [-0.2, 0) is 0 Å². The Labute approximate surface area is 137 Å². The molecule has 1 fully saturated rings. The normalized spacial score (nSPS) is 16.3. The van der Waals surface area contributed by atoms with Gasteiger partial charge in [0, 0.05) is 34.8 Å². The first-order valence-electron chi connectivity index (χ1n) is 7.44. The van der Waals surface area contributed by atoms with Gasteiger partial charge in [0.1, 0.15) is 12.7 Å². The molecular weight excluding hydrogens is 342 g/mol. The Morgan fingerprint density at radius 2 is 2.00 bits per heavy atom. The maximum Gasteiger partial charge on any atom is 0.137 e. The molecule has 0 N–H and O–H groups in total. The van der Waals surface area contributed by atoms with Gasteiger partial charge < -0.3 is 4.90 Å². The molecule has 6 heteroatoms. The lowest BCUT2D eigenvalue weighted by atomic mass is 10.0. The number of hydrogen-bond acceptors (Lipinski definition) is 4. The van der Waals surface area contributed by atoms with Crippen LogP contribution in [0, 0.1) is 0 Å². The van der Waals surface area contributed by atoms with E-state index in [1.165, 1.54) is 11.1 Å². The highest BCUT2D eigenvalue weighted by atomic mass is 79.9. The first-order chi connectivity index (χ1) is 10.8. The van der Waals surface area contributed by atoms with Crippen LogP contribution >= 0.6 is 15.9 Å². The smallest absolute Gasteiger partial charge is 0.137 e. The molecule has 0 radical (unpaired) electrons. The standard InChI is InChI=1S/C16H16BrN5/c17-12-1-2-14-15(9-12)19-6-3-16(14)21-7-4-13(5-8-21)22-11-18-10-20-22/h1-3,6,9-11,13H,4-5,7-8H2. The Kier molecular flexibility index (Phi) is 3.54. The average Bonchev–Trinajstić information content (AvgIpc) is 3.09. The van der Waals surface area contributed by atoms with E-state index >= 15 is 0 Å². The summed E-state index contributed by atoms with van der Waals surface area (Å²) in [6, 6.07) is 8.87. The third kappa shape index (κ3) is 2.47. The zero-order valence-electron chi connectivity index (χ0n) is 12.1. The third-order valence-corrected chi connectivity index (χ3v) is 4.79. The van der Waals surface area contributed by atoms with E-state index in [0.29, 0.717) is 6.04 Å². The van der Waals surface area contributed by atoms with Gasteiger partial charge in [-0.1, -0.05) is 15.9 Å². The Morgan fingerprint density at radius 3 is 2.77 bits per heavy atom. The number of rotatable bonds is 2. The summed E-state index contributed by atoms with van der Waals surface area (Å²) in [7, 11) is 0. The molecular formula is C16H16BrN5. The van der Waals surface area contributed by atoms with E-state index in [-0.39, 0.29) is 0 Å². The fourth-order valence-electron chi connectivity index (χ4n) is 3.16. The van der Waals surface area contributed by atoms with Crippen LogP contribution in [0.25, 0.3) is 10.9 Å². The van der Waals surface area contributed by atoms with Crippen LogP contribution in [0.3, 0.4) is 0 Å². The van der Waals surface area contributed by atoms with Crippen molar-refractivity contribution in [2.24, 2.45) is 0 Å². The number of hydrogen-bond donors (Lipinski definition) is 0. The minimum atomic E-state index is 0.459. The number of benzene rings is 1. The highest BCUT2D eigenvalue weighted by Crippen LogP contribution is 2.31. The van der Waals surface area contributed by atoms with Crippen LogP contribution < -0.4 is 4.90 Å². The highest BCUT2D eigenvalue weighted by Gasteiger charge is 2.22. The molecule has 112 valence electrons. The number of piperidine rings is 1. The summed E-state index contributed by atoms with van der Waals surface area (Å²) in [6.45, 7) is 2.05. The minimum Gasteiger partial charge on any atom is -0.371 e. The van der Waals surface area contributed by atoms with Crippen LogP contribution in [0.4, 0.5) is 5.69 Å². The Hall–Kier alpha value is -1.95. The molecule has 1 aromatic carbocycles. The van der Waals surface area contributed by atoms with E-state index in [1.807, 2.05) is 17.2 Å². The molecule has 1 aliphatic heterocycles. The van der Waals surface area contributed by atoms with Crippen LogP contribution in [0.15, 0.2) is 47.6 Å². The Morgan fingerprint density at radius 1 is 1.14 bits per heavy atom. The van der Waals surface area contributed by atoms with Crippen molar-refractivity contribution in [1.82, 2.24) is 19.7 Å². The zero-order valence-corrected chi connectivity index (χ0v) is 13.6. The van der Waals surface area contributed by atoms with Crippen molar-refractivity contribution in [3.8, 4) is 0 Å². The molecule has 0 bridgehead atoms. The number of nitrogens with zero attached hydrogens (tertiary/aromatic N) is 5. The van der Waals surface area contributed by atoms with Gasteiger partial charge >= 0.3 is 0 Å². The number of pyridine rings is 1. The molecule has 2 aromatic heterocycles. The van der Waals surface area contributed by atoms with Gasteiger partial charge in [0.25, 0.3) is 0 Å². The summed E-state index contributed by atoms with van der Waals surface area (Å²) in [5.41, 5.74) is 2.31. The molecule has 22 heavy (non-hydrogen) atoms. The molecule has 0 atom stereocenters. The van der Waals surface area contributed by atoms with E-state index < -0.39 is 0 Å². The summed E-state index contributed by atoms with van der Waals surface area (Å²) in [6.07, 6.45) is 7.50. The van der Waals surface area contributed by atoms with Crippen LogP contribution in [0.5, 0.6) is 0 Å². The second-order valence-corrected chi connectivity index (χ2v) is 6.50. The lowest BCUT2D eigenvalue weighted by molar-refractivity contribution is 0.366. The van der Waals surface area contributed by atoms with Gasteiger partial charge in [0.05, 0.1) is 11.6 Å². The first kappa shape index (κ1) is 13.7. The molecule has 5 nitrogen and oxygen atoms in total. The number of anilines is 1. The van der Waals surface area contributed by atoms with E-state index in [4.69, 9.17) is 0 Å². The summed E-state index contributed by atoms with van der Waals surface area (Å²) in [4.78, 5) is 11.0. The van der Waals surface area contributed by atoms with Gasteiger partial charge in [-0.05, 0) is 37.1 Å². The van der Waals surface area contributed by atoms with Gasteiger partial charge in [0.2, 0.25) is 0 Å². The molecule has 4 rings (SSSR count). The number of aromatic nitrogens is 4. The van der Waals surface area contributed by atoms with Crippen molar-refractivity contribution < 1.29 is 0 Å². The fraction of sp³-hybridized carbons (Fsp3) is 0.312. The lowest BCUT2D eigenvalue weighted by Gasteiger charge is -2.34. The van der Waals surface area contributed by atoms with Crippen LogP contribution in [-0.4, -0.2) is 32.8 Å². The predicted molar refractivity (Wildman–Crippen MR) is 89.9 cm³/mol. The Balaban J connectivity index is 1.59. The molecule has 0 unspecified atom stereocenters. The maximum atomic E-state index is 4.47. The first-order valence-corrected chi connectivity index (χ1v) is 8.24. The predicted octanol–water partition coefficient (Wildman–Crippen LogP) is 3.43. The SMILES string of the molecule is Brc1ccc2c(N3CCC(n4cncn4)CC3)ccnc2c1. The second-order valence-electron chi connectivity index (χ2n) is 5.59. The summed E-state index contributed by atoms with van der Waals surface area (Å²) >= 11 is 3.51. The van der Waals surface area contributed by atoms with E-state index in [0.717, 1.165) is 35.9 Å². The second kappa shape index (κ2) is 5.68. The van der Waals surface area contributed by atoms with Crippen molar-refractivity contribution in [1.29, 1.82) is 0 Å². The molecule has 0 spiro atoms. The monoisotopic (exact) mass is 357 g/mol. The van der Waals surface area contributed by atoms with Crippen molar-refractivity contribution in [2.75, 3.05) is 18.0 Å². The van der Waals surface area contributed by atoms with E-state index in [1.54, 1.807) is 6.33 Å². The number of halogens is 1. The molecule has 1 saturated heterocycles. The fourth-order valence-corrected chi connectivity index (χ4v) is 3.51. The third-order valence-electron chi connectivity index (χ3n) is 4.30. The summed E-state index contributed by atoms with van der Waals surface area (Å²) in [5, 5.41) is 5.48. The average molecular weight is 358 g/mol. The maximum absolute atomic E-state index is 4.47. The summed E-state index contributed by atoms with van der Waals surface area (Å²) in [5.74, 6) is 0. The highest BCUT2D eigenvalue weighted by molar-refractivity contribution is 9.10. The molecule has 3 heterocycles. The molecule has 0 amide bonds. The molecule has 1 aliphatic rings. The minimum absolute atomic E-state index is 0.459.